The van der Waals surface area contributed by atoms with Crippen molar-refractivity contribution in [2.45, 2.75) is 19.6 Å². The van der Waals surface area contributed by atoms with E-state index in [2.05, 4.69) is 9.88 Å². The molecule has 0 aliphatic rings. The van der Waals surface area contributed by atoms with Crippen LogP contribution in [0.4, 0.5) is 0 Å². The molecule has 1 atom stereocenters. The van der Waals surface area contributed by atoms with Gasteiger partial charge < -0.3 is 9.84 Å². The molecule has 1 N–H and O–H groups in total. The van der Waals surface area contributed by atoms with Gasteiger partial charge in [-0.2, -0.15) is 0 Å². The fourth-order valence-corrected chi connectivity index (χ4v) is 2.29. The highest BCUT2D eigenvalue weighted by Crippen LogP contribution is 2.13. The van der Waals surface area contributed by atoms with Crippen molar-refractivity contribution in [2.24, 2.45) is 0 Å². The first-order chi connectivity index (χ1) is 7.11. The topological polar surface area (TPSA) is 45.6 Å². The number of aromatic nitrogens is 1. The van der Waals surface area contributed by atoms with E-state index >= 15 is 0 Å². The van der Waals surface area contributed by atoms with Gasteiger partial charge in [0.05, 0.1) is 17.7 Å². The summed E-state index contributed by atoms with van der Waals surface area (Å²) in [5.74, 6) is 0. The number of ether oxygens (including phenoxy) is 1. The molecule has 86 valence electrons. The quantitative estimate of drug-likeness (QED) is 0.788. The minimum Gasteiger partial charge on any atom is -0.389 e. The lowest BCUT2D eigenvalue weighted by molar-refractivity contribution is 0.0420. The molecule has 0 aliphatic heterocycles. The van der Waals surface area contributed by atoms with E-state index in [9.17, 15) is 5.11 Å². The van der Waals surface area contributed by atoms with E-state index in [4.69, 9.17) is 4.74 Å². The molecule has 1 rings (SSSR count). The van der Waals surface area contributed by atoms with Gasteiger partial charge >= 0.3 is 0 Å². The molecule has 0 bridgehead atoms. The number of hydrogen-bond acceptors (Lipinski definition) is 5. The van der Waals surface area contributed by atoms with Crippen LogP contribution in [0.25, 0.3) is 0 Å². The van der Waals surface area contributed by atoms with Gasteiger partial charge in [0.1, 0.15) is 0 Å². The number of aliphatic hydroxyl groups is 1. The Morgan fingerprint density at radius 3 is 2.93 bits per heavy atom. The SMILES string of the molecule is COCC(O)CN(C)Cc1cnc(C)s1. The van der Waals surface area contributed by atoms with Crippen molar-refractivity contribution in [2.75, 3.05) is 27.3 Å². The number of aryl methyl sites for hydroxylation is 1. The third-order valence-corrected chi connectivity index (χ3v) is 2.87. The highest BCUT2D eigenvalue weighted by molar-refractivity contribution is 7.11. The smallest absolute Gasteiger partial charge is 0.0900 e. The second kappa shape index (κ2) is 6.17. The third kappa shape index (κ3) is 4.70. The first-order valence-electron chi connectivity index (χ1n) is 4.88. The maximum Gasteiger partial charge on any atom is 0.0900 e. The molecule has 5 heteroatoms. The zero-order chi connectivity index (χ0) is 11.3. The van der Waals surface area contributed by atoms with Crippen molar-refractivity contribution >= 4 is 11.3 Å². The number of rotatable bonds is 6. The van der Waals surface area contributed by atoms with E-state index in [1.165, 1.54) is 4.88 Å². The third-order valence-electron chi connectivity index (χ3n) is 1.98. The summed E-state index contributed by atoms with van der Waals surface area (Å²) >= 11 is 1.69. The summed E-state index contributed by atoms with van der Waals surface area (Å²) in [5, 5.41) is 10.6. The summed E-state index contributed by atoms with van der Waals surface area (Å²) in [6, 6.07) is 0. The molecule has 0 spiro atoms. The van der Waals surface area contributed by atoms with Gasteiger partial charge in [0, 0.05) is 31.3 Å². The predicted octanol–water partition coefficient (Wildman–Crippen LogP) is 0.891. The number of likely N-dealkylation sites (N-methyl/N-ethyl adjacent to an activating group) is 1. The molecule has 1 aromatic heterocycles. The Kier molecular flexibility index (Phi) is 5.17. The summed E-state index contributed by atoms with van der Waals surface area (Å²) < 4.78 is 4.87. The van der Waals surface area contributed by atoms with Crippen LogP contribution in [0.15, 0.2) is 6.20 Å². The Labute approximate surface area is 94.5 Å². The van der Waals surface area contributed by atoms with Gasteiger partial charge in [0.2, 0.25) is 0 Å². The molecule has 4 nitrogen and oxygen atoms in total. The highest BCUT2D eigenvalue weighted by Gasteiger charge is 2.09. The Bertz CT molecular complexity index is 291. The minimum absolute atomic E-state index is 0.381. The molecule has 0 radical (unpaired) electrons. The normalized spacial score (nSPS) is 13.4. The van der Waals surface area contributed by atoms with Crippen molar-refractivity contribution < 1.29 is 9.84 Å². The molecule has 1 heterocycles. The molecule has 0 saturated carbocycles. The van der Waals surface area contributed by atoms with Gasteiger partial charge in [0.15, 0.2) is 0 Å². The Hall–Kier alpha value is -0.490. The molecular weight excluding hydrogens is 212 g/mol. The second-order valence-electron chi connectivity index (χ2n) is 3.65. The monoisotopic (exact) mass is 230 g/mol. The average Bonchev–Trinajstić information content (AvgIpc) is 2.51. The summed E-state index contributed by atoms with van der Waals surface area (Å²) in [6.45, 7) is 3.82. The Morgan fingerprint density at radius 2 is 2.40 bits per heavy atom. The molecule has 0 saturated heterocycles. The fourth-order valence-electron chi connectivity index (χ4n) is 1.41. The van der Waals surface area contributed by atoms with E-state index in [-0.39, 0.29) is 0 Å². The molecule has 0 aliphatic carbocycles. The van der Waals surface area contributed by atoms with E-state index in [0.717, 1.165) is 11.6 Å². The summed E-state index contributed by atoms with van der Waals surface area (Å²) in [4.78, 5) is 7.48. The Morgan fingerprint density at radius 1 is 1.67 bits per heavy atom. The van der Waals surface area contributed by atoms with Crippen molar-refractivity contribution in [3.63, 3.8) is 0 Å². The zero-order valence-electron chi connectivity index (χ0n) is 9.43. The lowest BCUT2D eigenvalue weighted by Gasteiger charge is -2.18. The van der Waals surface area contributed by atoms with E-state index < -0.39 is 6.10 Å². The Balaban J connectivity index is 2.32. The van der Waals surface area contributed by atoms with Gasteiger partial charge in [-0.25, -0.2) is 4.98 Å². The molecule has 0 amide bonds. The van der Waals surface area contributed by atoms with E-state index in [1.54, 1.807) is 18.4 Å². The van der Waals surface area contributed by atoms with Crippen molar-refractivity contribution in [3.05, 3.63) is 16.1 Å². The second-order valence-corrected chi connectivity index (χ2v) is 4.97. The van der Waals surface area contributed by atoms with Crippen LogP contribution >= 0.6 is 11.3 Å². The molecule has 15 heavy (non-hydrogen) atoms. The fraction of sp³-hybridized carbons (Fsp3) is 0.700. The minimum atomic E-state index is -0.422. The van der Waals surface area contributed by atoms with Crippen LogP contribution in [-0.2, 0) is 11.3 Å². The maximum atomic E-state index is 9.52. The largest absolute Gasteiger partial charge is 0.389 e. The molecule has 0 aromatic carbocycles. The number of thiazole rings is 1. The van der Waals surface area contributed by atoms with Crippen LogP contribution in [0.1, 0.15) is 9.88 Å². The van der Waals surface area contributed by atoms with Crippen LogP contribution in [0, 0.1) is 6.92 Å². The van der Waals surface area contributed by atoms with Gasteiger partial charge in [0.25, 0.3) is 0 Å². The number of hydrogen-bond donors (Lipinski definition) is 1. The van der Waals surface area contributed by atoms with Gasteiger partial charge in [-0.05, 0) is 14.0 Å². The predicted molar refractivity (Wildman–Crippen MR) is 61.1 cm³/mol. The average molecular weight is 230 g/mol. The van der Waals surface area contributed by atoms with E-state index in [0.29, 0.717) is 13.2 Å². The molecule has 1 aromatic rings. The lowest BCUT2D eigenvalue weighted by Crippen LogP contribution is -2.31. The van der Waals surface area contributed by atoms with Crippen molar-refractivity contribution in [1.82, 2.24) is 9.88 Å². The van der Waals surface area contributed by atoms with Gasteiger partial charge in [-0.15, -0.1) is 11.3 Å². The molecule has 1 unspecified atom stereocenters. The van der Waals surface area contributed by atoms with Gasteiger partial charge in [-0.3, -0.25) is 4.90 Å². The van der Waals surface area contributed by atoms with Crippen LogP contribution in [0.2, 0.25) is 0 Å². The lowest BCUT2D eigenvalue weighted by atomic mass is 10.3. The number of nitrogens with zero attached hydrogens (tertiary/aromatic N) is 2. The van der Waals surface area contributed by atoms with Crippen molar-refractivity contribution in [1.29, 1.82) is 0 Å². The first kappa shape index (κ1) is 12.6. The molecule has 0 fully saturated rings. The highest BCUT2D eigenvalue weighted by atomic mass is 32.1. The summed E-state index contributed by atoms with van der Waals surface area (Å²) in [5.41, 5.74) is 0. The van der Waals surface area contributed by atoms with E-state index in [1.807, 2.05) is 20.2 Å². The van der Waals surface area contributed by atoms with Crippen molar-refractivity contribution in [3.8, 4) is 0 Å². The van der Waals surface area contributed by atoms with Gasteiger partial charge in [-0.1, -0.05) is 0 Å². The summed E-state index contributed by atoms with van der Waals surface area (Å²) in [6.07, 6.45) is 1.47. The zero-order valence-corrected chi connectivity index (χ0v) is 10.3. The van der Waals surface area contributed by atoms with Crippen LogP contribution in [-0.4, -0.2) is 48.4 Å². The standard InChI is InChI=1S/C10H18N2O2S/c1-8-11-4-10(15-8)6-12(2)5-9(13)7-14-3/h4,9,13H,5-7H2,1-3H3. The van der Waals surface area contributed by atoms with Crippen LogP contribution in [0.5, 0.6) is 0 Å². The first-order valence-corrected chi connectivity index (χ1v) is 5.70. The number of methoxy groups -OCH3 is 1. The van der Waals surface area contributed by atoms with Crippen LogP contribution < -0.4 is 0 Å². The summed E-state index contributed by atoms with van der Waals surface area (Å²) in [7, 11) is 3.57. The maximum absolute atomic E-state index is 9.52. The number of aliphatic hydroxyl groups excluding tert-OH is 1. The van der Waals surface area contributed by atoms with Crippen LogP contribution in [0.3, 0.4) is 0 Å². The molecular formula is C10H18N2O2S.